The van der Waals surface area contributed by atoms with Crippen LogP contribution < -0.4 is 0 Å². The molecule has 0 aromatic carbocycles. The highest BCUT2D eigenvalue weighted by molar-refractivity contribution is 5.02. The van der Waals surface area contributed by atoms with Crippen molar-refractivity contribution in [2.45, 2.75) is 117 Å². The van der Waals surface area contributed by atoms with Gasteiger partial charge >= 0.3 is 0 Å². The summed E-state index contributed by atoms with van der Waals surface area (Å²) < 4.78 is 0. The Morgan fingerprint density at radius 2 is 1.46 bits per heavy atom. The average Bonchev–Trinajstić information content (AvgIpc) is 2.68. The maximum atomic E-state index is 9.48. The van der Waals surface area contributed by atoms with Crippen LogP contribution in [0.1, 0.15) is 117 Å². The Bertz CT molecular complexity index is 455. The number of fused-ring (bicyclic) bond motifs is 1. The Kier molecular flexibility index (Phi) is 7.48. The van der Waals surface area contributed by atoms with Crippen LogP contribution in [-0.2, 0) is 0 Å². The lowest BCUT2D eigenvalue weighted by atomic mass is 9.58. The number of rotatable bonds is 7. The van der Waals surface area contributed by atoms with Crippen molar-refractivity contribution in [1.29, 1.82) is 5.26 Å². The number of nitriles is 1. The third-order valence-corrected chi connectivity index (χ3v) is 8.50. The molecule has 3 fully saturated rings. The van der Waals surface area contributed by atoms with Gasteiger partial charge in [-0.3, -0.25) is 0 Å². The van der Waals surface area contributed by atoms with Gasteiger partial charge in [0, 0.05) is 0 Å². The summed E-state index contributed by atoms with van der Waals surface area (Å²) in [5.41, 5.74) is -0.0107. The molecule has 0 aliphatic heterocycles. The van der Waals surface area contributed by atoms with Crippen molar-refractivity contribution in [2.75, 3.05) is 0 Å². The van der Waals surface area contributed by atoms with Gasteiger partial charge in [-0.05, 0) is 87.9 Å². The topological polar surface area (TPSA) is 23.8 Å². The first kappa shape index (κ1) is 20.2. The third kappa shape index (κ3) is 5.27. The van der Waals surface area contributed by atoms with Crippen molar-refractivity contribution in [2.24, 2.45) is 35.0 Å². The predicted octanol–water partition coefficient (Wildman–Crippen LogP) is 7.90. The molecule has 0 bridgehead atoms. The molecule has 0 N–H and O–H groups in total. The zero-order valence-electron chi connectivity index (χ0n) is 17.6. The van der Waals surface area contributed by atoms with Crippen LogP contribution in [0.15, 0.2) is 0 Å². The molecule has 3 rings (SSSR count). The molecule has 0 aromatic heterocycles. The first-order valence-electron chi connectivity index (χ1n) is 12.0. The maximum absolute atomic E-state index is 9.48. The third-order valence-electron chi connectivity index (χ3n) is 8.50. The quantitative estimate of drug-likeness (QED) is 0.425. The van der Waals surface area contributed by atoms with E-state index in [4.69, 9.17) is 0 Å². The molecule has 0 saturated heterocycles. The fourth-order valence-electron chi connectivity index (χ4n) is 6.68. The molecule has 1 heteroatoms. The van der Waals surface area contributed by atoms with E-state index in [1.54, 1.807) is 0 Å². The molecule has 148 valence electrons. The minimum absolute atomic E-state index is 0.0107. The van der Waals surface area contributed by atoms with Crippen LogP contribution in [0.25, 0.3) is 0 Å². The van der Waals surface area contributed by atoms with Crippen LogP contribution in [0.4, 0.5) is 0 Å². The summed E-state index contributed by atoms with van der Waals surface area (Å²) in [6, 6.07) is 2.62. The lowest BCUT2D eigenvalue weighted by Crippen LogP contribution is -2.37. The summed E-state index contributed by atoms with van der Waals surface area (Å²) in [7, 11) is 0. The summed E-state index contributed by atoms with van der Waals surface area (Å²) in [4.78, 5) is 0. The highest BCUT2D eigenvalue weighted by Gasteiger charge is 2.42. The normalized spacial score (nSPS) is 40.6. The van der Waals surface area contributed by atoms with Crippen molar-refractivity contribution in [1.82, 2.24) is 0 Å². The molecule has 0 aromatic rings. The molecule has 3 aliphatic carbocycles. The molecule has 0 amide bonds. The smallest absolute Gasteiger partial charge is 0.0686 e. The molecular formula is C25H43N. The van der Waals surface area contributed by atoms with E-state index in [9.17, 15) is 5.26 Å². The summed E-state index contributed by atoms with van der Waals surface area (Å²) >= 11 is 0. The van der Waals surface area contributed by atoms with Crippen molar-refractivity contribution in [3.05, 3.63) is 0 Å². The Labute approximate surface area is 163 Å². The van der Waals surface area contributed by atoms with Crippen LogP contribution >= 0.6 is 0 Å². The van der Waals surface area contributed by atoms with E-state index < -0.39 is 0 Å². The minimum Gasteiger partial charge on any atom is -0.198 e. The first-order valence-corrected chi connectivity index (χ1v) is 12.0. The molecule has 4 unspecified atom stereocenters. The van der Waals surface area contributed by atoms with Crippen molar-refractivity contribution in [3.63, 3.8) is 0 Å². The fraction of sp³-hybridized carbons (Fsp3) is 0.960. The second-order valence-corrected chi connectivity index (χ2v) is 10.5. The summed E-state index contributed by atoms with van der Waals surface area (Å²) in [6.45, 7) is 4.52. The summed E-state index contributed by atoms with van der Waals surface area (Å²) in [5.74, 6) is 4.93. The van der Waals surface area contributed by atoms with Gasteiger partial charge in [-0.15, -0.1) is 0 Å². The van der Waals surface area contributed by atoms with Crippen LogP contribution in [0, 0.1) is 46.3 Å². The Morgan fingerprint density at radius 3 is 2.19 bits per heavy atom. The molecule has 0 radical (unpaired) electrons. The van der Waals surface area contributed by atoms with Gasteiger partial charge in [0.05, 0.1) is 11.5 Å². The Morgan fingerprint density at radius 1 is 0.808 bits per heavy atom. The van der Waals surface area contributed by atoms with Gasteiger partial charge in [-0.2, -0.15) is 5.26 Å². The highest BCUT2D eigenvalue weighted by Crippen LogP contribution is 2.52. The predicted molar refractivity (Wildman–Crippen MR) is 111 cm³/mol. The van der Waals surface area contributed by atoms with Crippen molar-refractivity contribution < 1.29 is 0 Å². The monoisotopic (exact) mass is 357 g/mol. The van der Waals surface area contributed by atoms with Crippen LogP contribution in [0.5, 0.6) is 0 Å². The average molecular weight is 358 g/mol. The molecule has 0 spiro atoms. The standard InChI is InChI=1S/C25H43N/c1-3-4-5-6-7-8-20-9-11-21(12-10-20)22-13-14-24-18-25(2,19-26)16-15-23(24)17-22/h20-24H,3-18H2,1-2H3. The first-order chi connectivity index (χ1) is 12.6. The SMILES string of the molecule is CCCCCCCC1CCC(C2CCC3CC(C)(C#N)CCC3C2)CC1. The van der Waals surface area contributed by atoms with E-state index in [1.165, 1.54) is 96.3 Å². The molecular weight excluding hydrogens is 314 g/mol. The molecule has 3 aliphatic rings. The lowest BCUT2D eigenvalue weighted by molar-refractivity contribution is 0.0467. The van der Waals surface area contributed by atoms with Gasteiger partial charge < -0.3 is 0 Å². The van der Waals surface area contributed by atoms with Gasteiger partial charge in [0.25, 0.3) is 0 Å². The fourth-order valence-corrected chi connectivity index (χ4v) is 6.68. The maximum Gasteiger partial charge on any atom is 0.0686 e. The van der Waals surface area contributed by atoms with E-state index >= 15 is 0 Å². The van der Waals surface area contributed by atoms with E-state index in [-0.39, 0.29) is 5.41 Å². The number of nitrogens with zero attached hydrogens (tertiary/aromatic N) is 1. The van der Waals surface area contributed by atoms with Crippen LogP contribution in [0.3, 0.4) is 0 Å². The zero-order valence-corrected chi connectivity index (χ0v) is 17.6. The second-order valence-electron chi connectivity index (χ2n) is 10.5. The van der Waals surface area contributed by atoms with E-state index in [1.807, 2.05) is 0 Å². The van der Waals surface area contributed by atoms with Crippen molar-refractivity contribution in [3.8, 4) is 6.07 Å². The van der Waals surface area contributed by atoms with E-state index in [0.29, 0.717) is 0 Å². The van der Waals surface area contributed by atoms with E-state index in [2.05, 4.69) is 19.9 Å². The number of hydrogen-bond donors (Lipinski definition) is 0. The van der Waals surface area contributed by atoms with Crippen LogP contribution in [0.2, 0.25) is 0 Å². The lowest BCUT2D eigenvalue weighted by Gasteiger charge is -2.46. The van der Waals surface area contributed by atoms with Gasteiger partial charge in [0.1, 0.15) is 0 Å². The molecule has 26 heavy (non-hydrogen) atoms. The van der Waals surface area contributed by atoms with Gasteiger partial charge in [0.15, 0.2) is 0 Å². The second kappa shape index (κ2) is 9.61. The molecule has 4 atom stereocenters. The van der Waals surface area contributed by atoms with Crippen LogP contribution in [-0.4, -0.2) is 0 Å². The zero-order chi connectivity index (χ0) is 18.4. The summed E-state index contributed by atoms with van der Waals surface area (Å²) in [6.07, 6.45) is 22.9. The van der Waals surface area contributed by atoms with Gasteiger partial charge in [-0.25, -0.2) is 0 Å². The highest BCUT2D eigenvalue weighted by atomic mass is 14.5. The number of hydrogen-bond acceptors (Lipinski definition) is 1. The van der Waals surface area contributed by atoms with E-state index in [0.717, 1.165) is 36.0 Å². The largest absolute Gasteiger partial charge is 0.198 e. The number of unbranched alkanes of at least 4 members (excludes halogenated alkanes) is 4. The van der Waals surface area contributed by atoms with Gasteiger partial charge in [-0.1, -0.05) is 58.3 Å². The van der Waals surface area contributed by atoms with Gasteiger partial charge in [0.2, 0.25) is 0 Å². The molecule has 3 saturated carbocycles. The Hall–Kier alpha value is -0.510. The Balaban J connectivity index is 1.36. The summed E-state index contributed by atoms with van der Waals surface area (Å²) in [5, 5.41) is 9.48. The molecule has 1 nitrogen and oxygen atoms in total. The molecule has 0 heterocycles. The van der Waals surface area contributed by atoms with Crippen molar-refractivity contribution >= 4 is 0 Å². The minimum atomic E-state index is -0.0107.